The monoisotopic (exact) mass is 711 g/mol. The van der Waals surface area contributed by atoms with E-state index in [-0.39, 0.29) is 19.6 Å². The molecule has 0 radical (unpaired) electrons. The van der Waals surface area contributed by atoms with Crippen molar-refractivity contribution in [1.82, 2.24) is 36.0 Å². The van der Waals surface area contributed by atoms with Gasteiger partial charge in [-0.05, 0) is 52.4 Å². The number of likely N-dealkylation sites (tertiary alicyclic amines) is 3. The van der Waals surface area contributed by atoms with Crippen molar-refractivity contribution in [2.75, 3.05) is 46.0 Å². The lowest BCUT2D eigenvalue weighted by Gasteiger charge is -2.36. The number of aliphatic hydroxyl groups excluding tert-OH is 3. The highest BCUT2D eigenvalue weighted by molar-refractivity contribution is 5.98. The molecule has 20 nitrogen and oxygen atoms in total. The predicted molar refractivity (Wildman–Crippen MR) is 172 cm³/mol. The lowest BCUT2D eigenvalue weighted by Crippen LogP contribution is -2.61. The molecule has 3 aliphatic heterocycles. The zero-order valence-corrected chi connectivity index (χ0v) is 28.3. The van der Waals surface area contributed by atoms with Crippen LogP contribution in [0.5, 0.6) is 0 Å². The molecular formula is C30H49N9O11. The molecule has 0 spiro atoms. The lowest BCUT2D eigenvalue weighted by atomic mass is 10.0. The molecule has 0 unspecified atom stereocenters. The van der Waals surface area contributed by atoms with Crippen LogP contribution in [0.3, 0.4) is 0 Å². The SMILES string of the molecule is CC(C)(NC(=O)CNC(=O)[C@H](CO)NC(=O)[C@@H](N)CO)C(=O)N1CCC[C@H]1C(=O)N1CCC[C@H]1C(=O)N1CCC[C@H]1C(=O)N[C@@H](CO)C(N)=O. The van der Waals surface area contributed by atoms with Crippen LogP contribution in [-0.4, -0.2) is 165 Å². The van der Waals surface area contributed by atoms with E-state index in [4.69, 9.17) is 16.6 Å². The second-order valence-electron chi connectivity index (χ2n) is 13.1. The molecule has 0 saturated carbocycles. The van der Waals surface area contributed by atoms with Crippen LogP contribution in [0.25, 0.3) is 0 Å². The van der Waals surface area contributed by atoms with E-state index in [1.165, 1.54) is 28.5 Å². The second kappa shape index (κ2) is 17.5. The van der Waals surface area contributed by atoms with Crippen molar-refractivity contribution in [3.63, 3.8) is 0 Å². The number of primary amides is 1. The van der Waals surface area contributed by atoms with Crippen LogP contribution >= 0.6 is 0 Å². The summed E-state index contributed by atoms with van der Waals surface area (Å²) < 4.78 is 0. The number of nitrogens with zero attached hydrogens (tertiary/aromatic N) is 3. The molecule has 0 bridgehead atoms. The van der Waals surface area contributed by atoms with Crippen LogP contribution in [-0.2, 0) is 38.4 Å². The molecule has 20 heteroatoms. The van der Waals surface area contributed by atoms with Gasteiger partial charge in [-0.25, -0.2) is 0 Å². The first-order valence-electron chi connectivity index (χ1n) is 16.6. The van der Waals surface area contributed by atoms with E-state index in [2.05, 4.69) is 21.3 Å². The van der Waals surface area contributed by atoms with Gasteiger partial charge in [0, 0.05) is 19.6 Å². The average Bonchev–Trinajstić information content (AvgIpc) is 3.88. The van der Waals surface area contributed by atoms with Gasteiger partial charge < -0.3 is 62.8 Å². The molecule has 3 fully saturated rings. The van der Waals surface area contributed by atoms with Gasteiger partial charge in [0.2, 0.25) is 47.3 Å². The van der Waals surface area contributed by atoms with Crippen molar-refractivity contribution in [3.05, 3.63) is 0 Å². The van der Waals surface area contributed by atoms with Gasteiger partial charge in [0.1, 0.15) is 41.8 Å². The molecule has 3 aliphatic rings. The van der Waals surface area contributed by atoms with Crippen LogP contribution in [0, 0.1) is 0 Å². The molecule has 0 aromatic heterocycles. The zero-order valence-electron chi connectivity index (χ0n) is 28.3. The lowest BCUT2D eigenvalue weighted by molar-refractivity contribution is -0.152. The fourth-order valence-electron chi connectivity index (χ4n) is 6.37. The van der Waals surface area contributed by atoms with Gasteiger partial charge in [-0.1, -0.05) is 0 Å². The number of nitrogens with one attached hydrogen (secondary N) is 4. The van der Waals surface area contributed by atoms with Gasteiger partial charge in [0.25, 0.3) is 0 Å². The number of hydrogen-bond donors (Lipinski definition) is 9. The number of carbonyl (C=O) groups excluding carboxylic acids is 8. The number of nitrogens with two attached hydrogens (primary N) is 2. The Labute approximate surface area is 288 Å². The molecule has 0 aliphatic carbocycles. The highest BCUT2D eigenvalue weighted by Crippen LogP contribution is 2.29. The first kappa shape index (κ1) is 40.0. The number of amides is 8. The summed E-state index contributed by atoms with van der Waals surface area (Å²) in [5, 5.41) is 37.1. The van der Waals surface area contributed by atoms with Crippen molar-refractivity contribution in [3.8, 4) is 0 Å². The molecule has 3 heterocycles. The molecule has 6 atom stereocenters. The molecule has 3 rings (SSSR count). The standard InChI is InChI=1S/C30H49N9O11/c1-30(2,36-22(43)12-33-25(46)18(15-42)35-24(45)16(31)13-40)29(50)39-11-5-8-21(39)28(49)38-10-4-7-20(38)27(48)37-9-3-6-19(37)26(47)34-17(14-41)23(32)44/h16-21,40-42H,3-15,31H2,1-2H3,(H2,32,44)(H,33,46)(H,34,47)(H,35,45)(H,36,43)/t16-,17-,18-,19-,20-,21-/m0/s1. The maximum atomic E-state index is 13.9. The molecule has 3 saturated heterocycles. The summed E-state index contributed by atoms with van der Waals surface area (Å²) in [5.41, 5.74) is 9.08. The fourth-order valence-corrected chi connectivity index (χ4v) is 6.37. The van der Waals surface area contributed by atoms with Crippen molar-refractivity contribution < 1.29 is 53.7 Å². The van der Waals surface area contributed by atoms with E-state index in [0.717, 1.165) is 0 Å². The molecule has 0 aromatic carbocycles. The molecule has 280 valence electrons. The van der Waals surface area contributed by atoms with Crippen molar-refractivity contribution >= 4 is 47.3 Å². The Morgan fingerprint density at radius 2 is 1.22 bits per heavy atom. The third-order valence-electron chi connectivity index (χ3n) is 9.06. The minimum Gasteiger partial charge on any atom is -0.394 e. The first-order valence-corrected chi connectivity index (χ1v) is 16.6. The normalized spacial score (nSPS) is 22.4. The molecular weight excluding hydrogens is 662 g/mol. The molecule has 8 amide bonds. The van der Waals surface area contributed by atoms with E-state index in [1.54, 1.807) is 0 Å². The zero-order chi connectivity index (χ0) is 37.3. The largest absolute Gasteiger partial charge is 0.394 e. The van der Waals surface area contributed by atoms with Gasteiger partial charge in [-0.3, -0.25) is 38.4 Å². The van der Waals surface area contributed by atoms with E-state index < -0.39 is 115 Å². The minimum atomic E-state index is -1.53. The Morgan fingerprint density at radius 1 is 0.720 bits per heavy atom. The fraction of sp³-hybridized carbons (Fsp3) is 0.733. The van der Waals surface area contributed by atoms with Crippen LogP contribution in [0.4, 0.5) is 0 Å². The Bertz CT molecular complexity index is 1330. The number of rotatable bonds is 15. The summed E-state index contributed by atoms with van der Waals surface area (Å²) in [5.74, 6) is -5.57. The summed E-state index contributed by atoms with van der Waals surface area (Å²) in [6, 6.07) is -6.78. The average molecular weight is 712 g/mol. The van der Waals surface area contributed by atoms with E-state index >= 15 is 0 Å². The van der Waals surface area contributed by atoms with Gasteiger partial charge >= 0.3 is 0 Å². The quantitative estimate of drug-likeness (QED) is 0.0767. The summed E-state index contributed by atoms with van der Waals surface area (Å²) in [4.78, 5) is 107. The van der Waals surface area contributed by atoms with Crippen molar-refractivity contribution in [2.45, 2.75) is 94.2 Å². The highest BCUT2D eigenvalue weighted by Gasteiger charge is 2.47. The van der Waals surface area contributed by atoms with Gasteiger partial charge in [0.05, 0.1) is 26.4 Å². The maximum Gasteiger partial charge on any atom is 0.248 e. The highest BCUT2D eigenvalue weighted by atomic mass is 16.3. The smallest absolute Gasteiger partial charge is 0.248 e. The first-order chi connectivity index (χ1) is 23.6. The molecule has 50 heavy (non-hydrogen) atoms. The predicted octanol–water partition coefficient (Wildman–Crippen LogP) is -6.27. The summed E-state index contributed by atoms with van der Waals surface area (Å²) in [7, 11) is 0. The number of carbonyl (C=O) groups is 8. The van der Waals surface area contributed by atoms with Gasteiger partial charge in [0.15, 0.2) is 0 Å². The van der Waals surface area contributed by atoms with Gasteiger partial charge in [-0.2, -0.15) is 0 Å². The van der Waals surface area contributed by atoms with Crippen LogP contribution in [0.2, 0.25) is 0 Å². The van der Waals surface area contributed by atoms with E-state index in [1.807, 2.05) is 0 Å². The molecule has 11 N–H and O–H groups in total. The summed E-state index contributed by atoms with van der Waals surface area (Å²) in [6.07, 6.45) is 2.51. The van der Waals surface area contributed by atoms with Crippen LogP contribution in [0.1, 0.15) is 52.4 Å². The topological polar surface area (TPSA) is 307 Å². The third kappa shape index (κ3) is 9.43. The van der Waals surface area contributed by atoms with Crippen molar-refractivity contribution in [2.24, 2.45) is 11.5 Å². The number of hydrogen-bond acceptors (Lipinski definition) is 12. The van der Waals surface area contributed by atoms with Crippen LogP contribution < -0.4 is 32.7 Å². The van der Waals surface area contributed by atoms with E-state index in [9.17, 15) is 48.6 Å². The van der Waals surface area contributed by atoms with Crippen molar-refractivity contribution in [1.29, 1.82) is 0 Å². The summed E-state index contributed by atoms with van der Waals surface area (Å²) in [6.45, 7) is 0.770. The Kier molecular flexibility index (Phi) is 14.0. The Balaban J connectivity index is 1.62. The Hall–Kier alpha value is -4.40. The summed E-state index contributed by atoms with van der Waals surface area (Å²) >= 11 is 0. The third-order valence-corrected chi connectivity index (χ3v) is 9.06. The molecule has 0 aromatic rings. The Morgan fingerprint density at radius 3 is 1.74 bits per heavy atom. The maximum absolute atomic E-state index is 13.9. The number of aliphatic hydroxyl groups is 3. The van der Waals surface area contributed by atoms with Gasteiger partial charge in [-0.15, -0.1) is 0 Å². The second-order valence-corrected chi connectivity index (χ2v) is 13.1. The van der Waals surface area contributed by atoms with E-state index in [0.29, 0.717) is 38.5 Å². The van der Waals surface area contributed by atoms with Crippen LogP contribution in [0.15, 0.2) is 0 Å². The minimum absolute atomic E-state index is 0.214.